The average molecular weight is 204 g/mol. The zero-order chi connectivity index (χ0) is 10.8. The zero-order valence-corrected chi connectivity index (χ0v) is 7.65. The molecule has 6 heteroatoms. The van der Waals surface area contributed by atoms with Crippen LogP contribution in [0.4, 0.5) is 5.69 Å². The molecule has 0 atom stereocenters. The number of nitrogens with two attached hydrogens (primary N) is 1. The van der Waals surface area contributed by atoms with Gasteiger partial charge in [-0.15, -0.1) is 0 Å². The van der Waals surface area contributed by atoms with Crippen molar-refractivity contribution in [2.75, 3.05) is 5.73 Å². The van der Waals surface area contributed by atoms with Crippen molar-refractivity contribution in [1.29, 1.82) is 5.41 Å². The second kappa shape index (κ2) is 3.41. The van der Waals surface area contributed by atoms with Gasteiger partial charge in [0, 0.05) is 11.8 Å². The van der Waals surface area contributed by atoms with Gasteiger partial charge in [-0.25, -0.2) is 5.10 Å². The van der Waals surface area contributed by atoms with Gasteiger partial charge < -0.3 is 15.6 Å². The molecule has 2 aromatic heterocycles. The molecule has 0 saturated heterocycles. The first-order valence-corrected chi connectivity index (χ1v) is 4.15. The van der Waals surface area contributed by atoms with Gasteiger partial charge in [0.2, 0.25) is 0 Å². The summed E-state index contributed by atoms with van der Waals surface area (Å²) in [4.78, 5) is 11.2. The van der Waals surface area contributed by atoms with Crippen LogP contribution in [0.1, 0.15) is 5.56 Å². The Morgan fingerprint density at radius 1 is 1.60 bits per heavy atom. The molecule has 0 aromatic carbocycles. The summed E-state index contributed by atoms with van der Waals surface area (Å²) in [5.74, 6) is 0. The maximum atomic E-state index is 11.2. The number of hydrogen-bond donors (Lipinski definition) is 3. The average Bonchev–Trinajstić information content (AvgIpc) is 2.71. The quantitative estimate of drug-likeness (QED) is 0.622. The van der Waals surface area contributed by atoms with Crippen molar-refractivity contribution in [2.45, 2.75) is 0 Å². The van der Waals surface area contributed by atoms with E-state index in [1.54, 1.807) is 6.07 Å². The fourth-order valence-corrected chi connectivity index (χ4v) is 1.24. The van der Waals surface area contributed by atoms with Gasteiger partial charge in [-0.05, 0) is 6.07 Å². The molecule has 0 bridgehead atoms. The van der Waals surface area contributed by atoms with Gasteiger partial charge in [0.1, 0.15) is 5.69 Å². The maximum absolute atomic E-state index is 11.2. The smallest absolute Gasteiger partial charge is 0.275 e. The SMILES string of the molecule is N=Cc1c(N)c(-c2ccoc2)n[nH]c1=O. The van der Waals surface area contributed by atoms with Crippen molar-refractivity contribution in [3.8, 4) is 11.3 Å². The van der Waals surface area contributed by atoms with Crippen LogP contribution in [0.25, 0.3) is 11.3 Å². The summed E-state index contributed by atoms with van der Waals surface area (Å²) in [5, 5.41) is 13.1. The van der Waals surface area contributed by atoms with Crippen molar-refractivity contribution in [3.05, 3.63) is 34.5 Å². The highest BCUT2D eigenvalue weighted by Gasteiger charge is 2.11. The van der Waals surface area contributed by atoms with Crippen molar-refractivity contribution >= 4 is 11.9 Å². The lowest BCUT2D eigenvalue weighted by molar-refractivity contribution is 0.568. The molecule has 76 valence electrons. The van der Waals surface area contributed by atoms with Crippen LogP contribution >= 0.6 is 0 Å². The molecule has 0 radical (unpaired) electrons. The first-order valence-electron chi connectivity index (χ1n) is 4.15. The molecule has 0 aliphatic rings. The summed E-state index contributed by atoms with van der Waals surface area (Å²) in [7, 11) is 0. The van der Waals surface area contributed by atoms with Crippen LogP contribution in [0.5, 0.6) is 0 Å². The molecular weight excluding hydrogens is 196 g/mol. The van der Waals surface area contributed by atoms with Crippen LogP contribution in [0.2, 0.25) is 0 Å². The second-order valence-corrected chi connectivity index (χ2v) is 2.89. The van der Waals surface area contributed by atoms with Crippen molar-refractivity contribution < 1.29 is 4.42 Å². The third-order valence-electron chi connectivity index (χ3n) is 2.00. The highest BCUT2D eigenvalue weighted by atomic mass is 16.3. The normalized spacial score (nSPS) is 10.1. The monoisotopic (exact) mass is 204 g/mol. The molecule has 0 amide bonds. The van der Waals surface area contributed by atoms with Crippen molar-refractivity contribution in [2.24, 2.45) is 0 Å². The summed E-state index contributed by atoms with van der Waals surface area (Å²) < 4.78 is 4.88. The molecule has 15 heavy (non-hydrogen) atoms. The minimum absolute atomic E-state index is 0.0983. The molecule has 0 aliphatic heterocycles. The van der Waals surface area contributed by atoms with Crippen molar-refractivity contribution in [3.63, 3.8) is 0 Å². The fourth-order valence-electron chi connectivity index (χ4n) is 1.24. The Kier molecular flexibility index (Phi) is 2.09. The summed E-state index contributed by atoms with van der Waals surface area (Å²) in [6.45, 7) is 0. The Hall–Kier alpha value is -2.37. The standard InChI is InChI=1S/C9H8N4O2/c10-3-6-7(11)8(12-13-9(6)14)5-1-2-15-4-5/h1-4,10H,(H3,11,13,14). The summed E-state index contributed by atoms with van der Waals surface area (Å²) in [6, 6.07) is 1.67. The summed E-state index contributed by atoms with van der Waals surface area (Å²) >= 11 is 0. The van der Waals surface area contributed by atoms with Gasteiger partial charge in [-0.3, -0.25) is 4.79 Å². The third-order valence-corrected chi connectivity index (χ3v) is 2.00. The fraction of sp³-hybridized carbons (Fsp3) is 0. The predicted molar refractivity (Wildman–Crippen MR) is 54.9 cm³/mol. The topological polar surface area (TPSA) is 109 Å². The van der Waals surface area contributed by atoms with Crippen LogP contribution in [0, 0.1) is 5.41 Å². The highest BCUT2D eigenvalue weighted by molar-refractivity contribution is 5.89. The van der Waals surface area contributed by atoms with Crippen LogP contribution in [0.3, 0.4) is 0 Å². The van der Waals surface area contributed by atoms with Gasteiger partial charge >= 0.3 is 0 Å². The van der Waals surface area contributed by atoms with Crippen LogP contribution in [0.15, 0.2) is 27.8 Å². The van der Waals surface area contributed by atoms with Gasteiger partial charge in [0.25, 0.3) is 5.56 Å². The lowest BCUT2D eigenvalue weighted by Crippen LogP contribution is -2.17. The van der Waals surface area contributed by atoms with Gasteiger partial charge in [-0.1, -0.05) is 0 Å². The van der Waals surface area contributed by atoms with Crippen molar-refractivity contribution in [1.82, 2.24) is 10.2 Å². The van der Waals surface area contributed by atoms with E-state index in [0.29, 0.717) is 11.3 Å². The molecule has 2 aromatic rings. The Bertz CT molecular complexity index is 542. The van der Waals surface area contributed by atoms with E-state index < -0.39 is 5.56 Å². The number of nitrogens with one attached hydrogen (secondary N) is 2. The number of anilines is 1. The molecule has 6 nitrogen and oxygen atoms in total. The minimum atomic E-state index is -0.477. The van der Waals surface area contributed by atoms with E-state index in [-0.39, 0.29) is 11.3 Å². The Labute approximate surface area is 84.2 Å². The molecular formula is C9H8N4O2. The summed E-state index contributed by atoms with van der Waals surface area (Å²) in [6.07, 6.45) is 3.84. The zero-order valence-electron chi connectivity index (χ0n) is 7.65. The maximum Gasteiger partial charge on any atom is 0.275 e. The lowest BCUT2D eigenvalue weighted by atomic mass is 10.1. The van der Waals surface area contributed by atoms with Gasteiger partial charge in [-0.2, -0.15) is 5.10 Å². The van der Waals surface area contributed by atoms with Gasteiger partial charge in [0.15, 0.2) is 0 Å². The van der Waals surface area contributed by atoms with Gasteiger partial charge in [0.05, 0.1) is 23.8 Å². The molecule has 0 fully saturated rings. The number of aromatic nitrogens is 2. The van der Waals surface area contributed by atoms with E-state index in [2.05, 4.69) is 10.2 Å². The molecule has 0 unspecified atom stereocenters. The summed E-state index contributed by atoms with van der Waals surface area (Å²) in [5.41, 5.74) is 6.57. The molecule has 2 heterocycles. The number of aromatic amines is 1. The number of H-pyrrole nitrogens is 1. The number of rotatable bonds is 2. The third kappa shape index (κ3) is 1.41. The van der Waals surface area contributed by atoms with E-state index in [0.717, 1.165) is 6.21 Å². The Balaban J connectivity index is 2.70. The first-order chi connectivity index (χ1) is 7.24. The first kappa shape index (κ1) is 9.20. The van der Waals surface area contributed by atoms with E-state index >= 15 is 0 Å². The molecule has 0 saturated carbocycles. The number of furan rings is 1. The lowest BCUT2D eigenvalue weighted by Gasteiger charge is -2.02. The number of nitrogen functional groups attached to an aromatic ring is 1. The molecule has 0 spiro atoms. The van der Waals surface area contributed by atoms with Crippen LogP contribution < -0.4 is 11.3 Å². The van der Waals surface area contributed by atoms with E-state index in [1.807, 2.05) is 0 Å². The Morgan fingerprint density at radius 2 is 2.40 bits per heavy atom. The number of hydrogen-bond acceptors (Lipinski definition) is 5. The second-order valence-electron chi connectivity index (χ2n) is 2.89. The minimum Gasteiger partial charge on any atom is -0.472 e. The van der Waals surface area contributed by atoms with E-state index in [9.17, 15) is 4.79 Å². The molecule has 4 N–H and O–H groups in total. The number of nitrogens with zero attached hydrogens (tertiary/aromatic N) is 1. The van der Waals surface area contributed by atoms with Crippen LogP contribution in [-0.2, 0) is 0 Å². The molecule has 2 rings (SSSR count). The Morgan fingerprint density at radius 3 is 3.00 bits per heavy atom. The molecule has 0 aliphatic carbocycles. The predicted octanol–water partition coefficient (Wildman–Crippen LogP) is 0.610. The van der Waals surface area contributed by atoms with E-state index in [4.69, 9.17) is 15.6 Å². The van der Waals surface area contributed by atoms with Crippen LogP contribution in [-0.4, -0.2) is 16.4 Å². The largest absolute Gasteiger partial charge is 0.472 e. The highest BCUT2D eigenvalue weighted by Crippen LogP contribution is 2.23. The van der Waals surface area contributed by atoms with E-state index in [1.165, 1.54) is 12.5 Å².